The van der Waals surface area contributed by atoms with Gasteiger partial charge in [-0.25, -0.2) is 0 Å². The average molecular weight is 276 g/mol. The van der Waals surface area contributed by atoms with Gasteiger partial charge < -0.3 is 9.80 Å². The molecule has 0 aliphatic carbocycles. The Labute approximate surface area is 116 Å². The summed E-state index contributed by atoms with van der Waals surface area (Å²) in [7, 11) is 3.76. The third-order valence-electron chi connectivity index (χ3n) is 3.11. The molecular weight excluding hydrogens is 262 g/mol. The highest BCUT2D eigenvalue weighted by Gasteiger charge is 2.23. The Balaban J connectivity index is 2.04. The number of anilines is 3. The van der Waals surface area contributed by atoms with E-state index >= 15 is 0 Å². The second-order valence-corrected chi connectivity index (χ2v) is 4.97. The highest BCUT2D eigenvalue weighted by molar-refractivity contribution is 6.28. The summed E-state index contributed by atoms with van der Waals surface area (Å²) in [5.74, 6) is 1.17. The number of fused-ring (bicyclic) bond motifs is 1. The summed E-state index contributed by atoms with van der Waals surface area (Å²) in [6.07, 6.45) is 0.997. The minimum Gasteiger partial charge on any atom is -0.347 e. The summed E-state index contributed by atoms with van der Waals surface area (Å²) < 4.78 is 0. The molecule has 19 heavy (non-hydrogen) atoms. The third-order valence-corrected chi connectivity index (χ3v) is 3.28. The van der Waals surface area contributed by atoms with E-state index < -0.39 is 0 Å². The molecule has 3 rings (SSSR count). The van der Waals surface area contributed by atoms with E-state index in [9.17, 15) is 0 Å². The van der Waals surface area contributed by atoms with Crippen molar-refractivity contribution in [3.05, 3.63) is 35.1 Å². The van der Waals surface area contributed by atoms with Crippen LogP contribution >= 0.6 is 11.6 Å². The van der Waals surface area contributed by atoms with Crippen LogP contribution in [0.1, 0.15) is 5.56 Å². The van der Waals surface area contributed by atoms with Crippen LogP contribution in [0, 0.1) is 0 Å². The molecule has 5 nitrogen and oxygen atoms in total. The fraction of sp³-hybridized carbons (Fsp3) is 0.308. The first kappa shape index (κ1) is 12.2. The van der Waals surface area contributed by atoms with Gasteiger partial charge in [0.15, 0.2) is 0 Å². The molecule has 1 aromatic carbocycles. The Morgan fingerprint density at radius 3 is 2.74 bits per heavy atom. The average Bonchev–Trinajstić information content (AvgIpc) is 2.81. The Bertz CT molecular complexity index is 614. The van der Waals surface area contributed by atoms with Crippen LogP contribution < -0.4 is 9.80 Å². The van der Waals surface area contributed by atoms with Crippen molar-refractivity contribution in [2.75, 3.05) is 30.4 Å². The lowest BCUT2D eigenvalue weighted by molar-refractivity contribution is 0.895. The lowest BCUT2D eigenvalue weighted by Gasteiger charge is -2.19. The van der Waals surface area contributed by atoms with E-state index in [1.54, 1.807) is 0 Å². The number of benzene rings is 1. The van der Waals surface area contributed by atoms with Crippen LogP contribution in [-0.2, 0) is 6.42 Å². The fourth-order valence-corrected chi connectivity index (χ4v) is 2.35. The van der Waals surface area contributed by atoms with Gasteiger partial charge in [-0.1, -0.05) is 18.2 Å². The molecule has 1 aliphatic rings. The molecule has 98 valence electrons. The zero-order chi connectivity index (χ0) is 13.4. The van der Waals surface area contributed by atoms with Crippen LogP contribution in [-0.4, -0.2) is 35.6 Å². The van der Waals surface area contributed by atoms with Gasteiger partial charge in [-0.05, 0) is 29.7 Å². The summed E-state index contributed by atoms with van der Waals surface area (Å²) in [5.41, 5.74) is 2.46. The van der Waals surface area contributed by atoms with Gasteiger partial charge >= 0.3 is 0 Å². The molecule has 0 bridgehead atoms. The van der Waals surface area contributed by atoms with Crippen molar-refractivity contribution in [2.45, 2.75) is 6.42 Å². The smallest absolute Gasteiger partial charge is 0.236 e. The monoisotopic (exact) mass is 275 g/mol. The largest absolute Gasteiger partial charge is 0.347 e. The van der Waals surface area contributed by atoms with Crippen molar-refractivity contribution in [3.8, 4) is 0 Å². The van der Waals surface area contributed by atoms with Gasteiger partial charge in [0, 0.05) is 26.3 Å². The molecule has 0 amide bonds. The normalized spacial score (nSPS) is 13.5. The Kier molecular flexibility index (Phi) is 2.98. The molecule has 0 spiro atoms. The molecule has 0 N–H and O–H groups in total. The molecule has 6 heteroatoms. The van der Waals surface area contributed by atoms with Crippen molar-refractivity contribution in [3.63, 3.8) is 0 Å². The molecule has 0 radical (unpaired) electrons. The zero-order valence-electron chi connectivity index (χ0n) is 10.8. The van der Waals surface area contributed by atoms with Gasteiger partial charge in [-0.2, -0.15) is 15.0 Å². The molecule has 0 fully saturated rings. The van der Waals surface area contributed by atoms with E-state index in [1.807, 2.05) is 31.1 Å². The Hall–Kier alpha value is -1.88. The lowest BCUT2D eigenvalue weighted by atomic mass is 10.2. The zero-order valence-corrected chi connectivity index (χ0v) is 11.6. The Morgan fingerprint density at radius 2 is 1.95 bits per heavy atom. The van der Waals surface area contributed by atoms with Crippen molar-refractivity contribution >= 4 is 29.2 Å². The molecular formula is C13H14ClN5. The van der Waals surface area contributed by atoms with Gasteiger partial charge in [0.1, 0.15) is 0 Å². The van der Waals surface area contributed by atoms with Crippen LogP contribution in [0.15, 0.2) is 24.3 Å². The highest BCUT2D eigenvalue weighted by atomic mass is 35.5. The maximum absolute atomic E-state index is 5.98. The second-order valence-electron chi connectivity index (χ2n) is 4.63. The first-order chi connectivity index (χ1) is 9.15. The molecule has 0 saturated carbocycles. The second kappa shape index (κ2) is 4.66. The predicted octanol–water partition coefficient (Wildman–Crippen LogP) is 2.29. The van der Waals surface area contributed by atoms with Crippen molar-refractivity contribution in [2.24, 2.45) is 0 Å². The summed E-state index contributed by atoms with van der Waals surface area (Å²) in [6, 6.07) is 8.28. The number of hydrogen-bond acceptors (Lipinski definition) is 5. The van der Waals surface area contributed by atoms with Crippen molar-refractivity contribution < 1.29 is 0 Å². The molecule has 0 unspecified atom stereocenters. The summed E-state index contributed by atoms with van der Waals surface area (Å²) >= 11 is 5.98. The van der Waals surface area contributed by atoms with Gasteiger partial charge in [0.25, 0.3) is 0 Å². The number of halogens is 1. The number of hydrogen-bond donors (Lipinski definition) is 0. The Morgan fingerprint density at radius 1 is 1.16 bits per heavy atom. The summed E-state index contributed by atoms with van der Waals surface area (Å²) in [5, 5.41) is 0.220. The van der Waals surface area contributed by atoms with Gasteiger partial charge in [-0.15, -0.1) is 0 Å². The van der Waals surface area contributed by atoms with Gasteiger partial charge in [0.2, 0.25) is 17.2 Å². The number of aromatic nitrogens is 3. The lowest BCUT2D eigenvalue weighted by Crippen LogP contribution is -2.20. The van der Waals surface area contributed by atoms with E-state index in [0.717, 1.165) is 18.7 Å². The van der Waals surface area contributed by atoms with E-state index in [4.69, 9.17) is 11.6 Å². The predicted molar refractivity (Wildman–Crippen MR) is 76.3 cm³/mol. The van der Waals surface area contributed by atoms with Gasteiger partial charge in [-0.3, -0.25) is 0 Å². The third kappa shape index (κ3) is 2.21. The molecule has 1 aromatic heterocycles. The van der Waals surface area contributed by atoms with Crippen LogP contribution in [0.5, 0.6) is 0 Å². The number of rotatable bonds is 2. The van der Waals surface area contributed by atoms with Crippen LogP contribution in [0.3, 0.4) is 0 Å². The van der Waals surface area contributed by atoms with Gasteiger partial charge in [0.05, 0.1) is 0 Å². The molecule has 1 aliphatic heterocycles. The van der Waals surface area contributed by atoms with Crippen LogP contribution in [0.25, 0.3) is 0 Å². The molecule has 2 aromatic rings. The quantitative estimate of drug-likeness (QED) is 0.841. The summed E-state index contributed by atoms with van der Waals surface area (Å²) in [6.45, 7) is 0.868. The first-order valence-corrected chi connectivity index (χ1v) is 6.47. The summed E-state index contributed by atoms with van der Waals surface area (Å²) in [4.78, 5) is 16.7. The number of nitrogens with zero attached hydrogens (tertiary/aromatic N) is 5. The first-order valence-electron chi connectivity index (χ1n) is 6.09. The molecule has 0 saturated heterocycles. The van der Waals surface area contributed by atoms with E-state index in [1.165, 1.54) is 5.56 Å². The maximum atomic E-state index is 5.98. The van der Waals surface area contributed by atoms with E-state index in [-0.39, 0.29) is 5.28 Å². The highest BCUT2D eigenvalue weighted by Crippen LogP contribution is 2.32. The maximum Gasteiger partial charge on any atom is 0.236 e. The fourth-order valence-electron chi connectivity index (χ4n) is 2.20. The molecule has 2 heterocycles. The minimum atomic E-state index is 0.220. The topological polar surface area (TPSA) is 45.2 Å². The minimum absolute atomic E-state index is 0.220. The van der Waals surface area contributed by atoms with Crippen LogP contribution in [0.4, 0.5) is 17.6 Å². The van der Waals surface area contributed by atoms with E-state index in [0.29, 0.717) is 11.9 Å². The standard InChI is InChI=1S/C13H14ClN5/c1-18(2)12-15-11(14)16-13(17-12)19-8-7-9-5-3-4-6-10(9)19/h3-6H,7-8H2,1-2H3. The SMILES string of the molecule is CN(C)c1nc(Cl)nc(N2CCc3ccccc32)n1. The van der Waals surface area contributed by atoms with E-state index in [2.05, 4.69) is 32.0 Å². The molecule has 0 atom stereocenters. The van der Waals surface area contributed by atoms with Crippen molar-refractivity contribution in [1.29, 1.82) is 0 Å². The number of para-hydroxylation sites is 1. The van der Waals surface area contributed by atoms with Crippen LogP contribution in [0.2, 0.25) is 5.28 Å². The van der Waals surface area contributed by atoms with Crippen molar-refractivity contribution in [1.82, 2.24) is 15.0 Å².